The van der Waals surface area contributed by atoms with Crippen LogP contribution in [0.25, 0.3) is 0 Å². The Balaban J connectivity index is -0.000000173. The first-order chi connectivity index (χ1) is 4.98. The number of carboxylic acids is 1. The Labute approximate surface area is 82.2 Å². The molecular weight excluding hydrogens is 269 g/mol. The standard InChI is InChI=1S/C2H4O2.CHF3O3S.Cu/c1-2(3)4;2-1(3,4)8(5,6)7;/h1H3,(H,3,4);(H,5,6,7);/q;;+2/p-2. The van der Waals surface area contributed by atoms with E-state index in [1.54, 1.807) is 0 Å². The third kappa shape index (κ3) is 14.5. The molecular formula is C3H3CuF3O5S. The molecule has 0 aliphatic carbocycles. The summed E-state index contributed by atoms with van der Waals surface area (Å²) in [7, 11) is -6.09. The minimum Gasteiger partial charge on any atom is -0.741 e. The summed E-state index contributed by atoms with van der Waals surface area (Å²) in [5.41, 5.74) is -5.65. The molecule has 0 N–H and O–H groups in total. The Hall–Kier alpha value is -0.311. The van der Waals surface area contributed by atoms with Gasteiger partial charge in [0.15, 0.2) is 10.1 Å². The van der Waals surface area contributed by atoms with Crippen LogP contribution in [-0.2, 0) is 32.0 Å². The predicted molar refractivity (Wildman–Crippen MR) is 26.4 cm³/mol. The molecule has 0 aromatic carbocycles. The van der Waals surface area contributed by atoms with Crippen molar-refractivity contribution in [3.63, 3.8) is 0 Å². The SMILES string of the molecule is CC(=O)[O-].O=S(=O)([O-])C(F)(F)F.[Cu+2]. The van der Waals surface area contributed by atoms with Gasteiger partial charge < -0.3 is 14.5 Å². The Morgan fingerprint density at radius 1 is 1.31 bits per heavy atom. The fourth-order valence-corrected chi connectivity index (χ4v) is 0. The number of aliphatic carboxylic acids is 1. The van der Waals surface area contributed by atoms with Crippen LogP contribution < -0.4 is 5.11 Å². The van der Waals surface area contributed by atoms with Crippen molar-refractivity contribution in [3.05, 3.63) is 0 Å². The maximum absolute atomic E-state index is 10.7. The third-order valence-electron chi connectivity index (χ3n) is 0.283. The summed E-state index contributed by atoms with van der Waals surface area (Å²) in [6, 6.07) is 0. The number of alkyl halides is 3. The minimum absolute atomic E-state index is 0. The van der Waals surface area contributed by atoms with Gasteiger partial charge >= 0.3 is 22.6 Å². The smallest absolute Gasteiger partial charge is 0.741 e. The van der Waals surface area contributed by atoms with Gasteiger partial charge in [0, 0.05) is 5.97 Å². The molecule has 0 fully saturated rings. The Bertz CT molecular complexity index is 240. The zero-order valence-electron chi connectivity index (χ0n) is 5.88. The van der Waals surface area contributed by atoms with E-state index in [0.29, 0.717) is 0 Å². The number of hydrogen-bond acceptors (Lipinski definition) is 5. The van der Waals surface area contributed by atoms with E-state index in [1.165, 1.54) is 0 Å². The van der Waals surface area contributed by atoms with Crippen LogP contribution in [0.1, 0.15) is 6.92 Å². The van der Waals surface area contributed by atoms with Crippen molar-refractivity contribution in [2.24, 2.45) is 0 Å². The summed E-state index contributed by atoms with van der Waals surface area (Å²) in [6.45, 7) is 0.972. The van der Waals surface area contributed by atoms with Crippen LogP contribution in [0.3, 0.4) is 0 Å². The molecule has 13 heavy (non-hydrogen) atoms. The number of rotatable bonds is 0. The first-order valence-corrected chi connectivity index (χ1v) is 3.59. The molecule has 0 aromatic rings. The maximum Gasteiger partial charge on any atom is 2.00 e. The molecule has 0 amide bonds. The van der Waals surface area contributed by atoms with E-state index in [2.05, 4.69) is 0 Å². The van der Waals surface area contributed by atoms with Crippen molar-refractivity contribution in [3.8, 4) is 0 Å². The van der Waals surface area contributed by atoms with Gasteiger partial charge in [0.2, 0.25) is 0 Å². The van der Waals surface area contributed by atoms with Crippen molar-refractivity contribution in [1.82, 2.24) is 0 Å². The van der Waals surface area contributed by atoms with Gasteiger partial charge in [-0.3, -0.25) is 0 Å². The van der Waals surface area contributed by atoms with Crippen molar-refractivity contribution in [2.75, 3.05) is 0 Å². The van der Waals surface area contributed by atoms with Crippen LogP contribution in [-0.4, -0.2) is 24.4 Å². The van der Waals surface area contributed by atoms with Crippen LogP contribution in [0.2, 0.25) is 0 Å². The molecule has 0 unspecified atom stereocenters. The average molecular weight is 272 g/mol. The topological polar surface area (TPSA) is 97.3 Å². The molecule has 0 aromatic heterocycles. The zero-order chi connectivity index (χ0) is 10.6. The summed E-state index contributed by atoms with van der Waals surface area (Å²) in [6.07, 6.45) is 0. The fraction of sp³-hybridized carbons (Fsp3) is 0.667. The summed E-state index contributed by atoms with van der Waals surface area (Å²) in [5.74, 6) is -1.08. The van der Waals surface area contributed by atoms with E-state index in [1.807, 2.05) is 0 Å². The largest absolute Gasteiger partial charge is 2.00 e. The molecule has 0 atom stereocenters. The minimum atomic E-state index is -6.09. The van der Waals surface area contributed by atoms with Crippen LogP contribution in [0.15, 0.2) is 0 Å². The molecule has 0 aliphatic rings. The average Bonchev–Trinajstić information content (AvgIpc) is 1.55. The normalized spacial score (nSPS) is 10.5. The monoisotopic (exact) mass is 271 g/mol. The van der Waals surface area contributed by atoms with Crippen LogP contribution in [0.4, 0.5) is 13.2 Å². The van der Waals surface area contributed by atoms with Crippen LogP contribution >= 0.6 is 0 Å². The molecule has 0 spiro atoms. The van der Waals surface area contributed by atoms with Gasteiger partial charge in [-0.05, 0) is 6.92 Å². The second-order valence-electron chi connectivity index (χ2n) is 1.39. The molecule has 0 saturated carbocycles. The second kappa shape index (κ2) is 6.19. The summed E-state index contributed by atoms with van der Waals surface area (Å²) < 4.78 is 58.9. The number of hydrogen-bond donors (Lipinski definition) is 0. The van der Waals surface area contributed by atoms with Gasteiger partial charge in [0.1, 0.15) is 0 Å². The quantitative estimate of drug-likeness (QED) is 0.313. The summed E-state index contributed by atoms with van der Waals surface area (Å²) >= 11 is 0. The third-order valence-corrected chi connectivity index (χ3v) is 0.850. The molecule has 0 aliphatic heterocycles. The molecule has 83 valence electrons. The molecule has 0 heterocycles. The second-order valence-corrected chi connectivity index (χ2v) is 2.76. The van der Waals surface area contributed by atoms with Gasteiger partial charge in [-0.1, -0.05) is 0 Å². The van der Waals surface area contributed by atoms with Gasteiger partial charge in [-0.2, -0.15) is 13.2 Å². The number of halogens is 3. The zero-order valence-corrected chi connectivity index (χ0v) is 7.64. The van der Waals surface area contributed by atoms with E-state index in [-0.39, 0.29) is 17.1 Å². The molecule has 0 bridgehead atoms. The van der Waals surface area contributed by atoms with Crippen molar-refractivity contribution >= 4 is 16.1 Å². The molecule has 5 nitrogen and oxygen atoms in total. The van der Waals surface area contributed by atoms with E-state index in [4.69, 9.17) is 22.9 Å². The molecule has 0 saturated heterocycles. The van der Waals surface area contributed by atoms with Crippen molar-refractivity contribution in [2.45, 2.75) is 12.4 Å². The summed E-state index contributed by atoms with van der Waals surface area (Å²) in [5, 5.41) is 8.89. The number of carboxylic acid groups (broad SMARTS) is 1. The van der Waals surface area contributed by atoms with Gasteiger partial charge in [-0.15, -0.1) is 0 Å². The Kier molecular flexibility index (Phi) is 8.79. The first kappa shape index (κ1) is 18.5. The van der Waals surface area contributed by atoms with E-state index < -0.39 is 21.6 Å². The van der Waals surface area contributed by atoms with Gasteiger partial charge in [-0.25, -0.2) is 8.42 Å². The predicted octanol–water partition coefficient (Wildman–Crippen LogP) is -1.19. The van der Waals surface area contributed by atoms with E-state index in [0.717, 1.165) is 6.92 Å². The molecule has 0 rings (SSSR count). The van der Waals surface area contributed by atoms with Crippen molar-refractivity contribution < 1.29 is 53.1 Å². The molecule has 10 heteroatoms. The fourth-order valence-electron chi connectivity index (χ4n) is 0. The maximum atomic E-state index is 10.7. The number of carbonyl (C=O) groups excluding carboxylic acids is 1. The van der Waals surface area contributed by atoms with Crippen molar-refractivity contribution in [1.29, 1.82) is 0 Å². The van der Waals surface area contributed by atoms with E-state index in [9.17, 15) is 13.2 Å². The molecule has 1 radical (unpaired) electrons. The summed E-state index contributed by atoms with van der Waals surface area (Å²) in [4.78, 5) is 8.89. The first-order valence-electron chi connectivity index (χ1n) is 2.18. The van der Waals surface area contributed by atoms with E-state index >= 15 is 0 Å². The van der Waals surface area contributed by atoms with Gasteiger partial charge in [0.05, 0.1) is 0 Å². The Morgan fingerprint density at radius 2 is 1.38 bits per heavy atom. The van der Waals surface area contributed by atoms with Crippen LogP contribution in [0.5, 0.6) is 0 Å². The number of carbonyl (C=O) groups is 1. The van der Waals surface area contributed by atoms with Gasteiger partial charge in [0.25, 0.3) is 0 Å². The van der Waals surface area contributed by atoms with Crippen LogP contribution in [0, 0.1) is 0 Å². The Morgan fingerprint density at radius 3 is 1.38 bits per heavy atom.